The Hall–Kier alpha value is -2.37. The molecule has 3 aromatic rings. The summed E-state index contributed by atoms with van der Waals surface area (Å²) < 4.78 is 8.31. The van der Waals surface area contributed by atoms with Gasteiger partial charge in [-0.15, -0.1) is 0 Å². The van der Waals surface area contributed by atoms with Gasteiger partial charge >= 0.3 is 0 Å². The first-order chi connectivity index (χ1) is 14.0. The van der Waals surface area contributed by atoms with Crippen LogP contribution in [-0.2, 0) is 6.42 Å². The molecule has 1 aromatic carbocycles. The molecule has 2 aliphatic carbocycles. The molecule has 5 rings (SSSR count). The van der Waals surface area contributed by atoms with Crippen LogP contribution in [0.2, 0.25) is 0 Å². The van der Waals surface area contributed by atoms with Gasteiger partial charge in [-0.2, -0.15) is 0 Å². The van der Waals surface area contributed by atoms with Gasteiger partial charge < -0.3 is 19.5 Å². The van der Waals surface area contributed by atoms with Crippen LogP contribution < -0.4 is 4.74 Å². The van der Waals surface area contributed by atoms with Gasteiger partial charge in [0, 0.05) is 29.8 Å². The van der Waals surface area contributed by atoms with Crippen molar-refractivity contribution < 1.29 is 14.9 Å². The van der Waals surface area contributed by atoms with Crippen LogP contribution in [0.3, 0.4) is 0 Å². The third-order valence-corrected chi connectivity index (χ3v) is 6.99. The Morgan fingerprint density at radius 1 is 1.14 bits per heavy atom. The Labute approximate surface area is 171 Å². The van der Waals surface area contributed by atoms with Crippen LogP contribution in [0.25, 0.3) is 11.0 Å². The molecule has 5 nitrogen and oxygen atoms in total. The number of nitrogens with zero attached hydrogens (tertiary/aromatic N) is 2. The van der Waals surface area contributed by atoms with E-state index in [1.54, 1.807) is 0 Å². The maximum Gasteiger partial charge on any atom is 0.140 e. The van der Waals surface area contributed by atoms with Crippen LogP contribution in [0.4, 0.5) is 0 Å². The van der Waals surface area contributed by atoms with E-state index in [1.165, 1.54) is 16.7 Å². The van der Waals surface area contributed by atoms with Gasteiger partial charge in [-0.3, -0.25) is 0 Å². The van der Waals surface area contributed by atoms with Crippen molar-refractivity contribution in [2.75, 3.05) is 0 Å². The number of ether oxygens (including phenoxy) is 1. The van der Waals surface area contributed by atoms with Gasteiger partial charge in [0.2, 0.25) is 0 Å². The number of benzene rings is 1. The fourth-order valence-electron chi connectivity index (χ4n) is 5.11. The number of rotatable bonds is 3. The molecule has 0 radical (unpaired) electrons. The van der Waals surface area contributed by atoms with Gasteiger partial charge in [0.05, 0.1) is 6.04 Å². The van der Waals surface area contributed by atoms with E-state index in [-0.39, 0.29) is 6.04 Å². The molecule has 0 spiro atoms. The minimum Gasteiger partial charge on any atom is -0.487 e. The van der Waals surface area contributed by atoms with E-state index < -0.39 is 18.3 Å². The molecular formula is C24H28N2O3. The lowest BCUT2D eigenvalue weighted by molar-refractivity contribution is -0.0166. The third kappa shape index (κ3) is 2.87. The highest BCUT2D eigenvalue weighted by Gasteiger charge is 2.44. The van der Waals surface area contributed by atoms with E-state index in [4.69, 9.17) is 4.74 Å². The zero-order valence-electron chi connectivity index (χ0n) is 17.2. The average molecular weight is 392 g/mol. The normalized spacial score (nSPS) is 28.8. The highest BCUT2D eigenvalue weighted by atomic mass is 16.5. The highest BCUT2D eigenvalue weighted by Crippen LogP contribution is 2.42. The molecule has 2 aromatic heterocycles. The minimum atomic E-state index is -0.934. The Morgan fingerprint density at radius 3 is 2.79 bits per heavy atom. The molecule has 152 valence electrons. The number of hydrogen-bond acceptors (Lipinski definition) is 4. The fourth-order valence-corrected chi connectivity index (χ4v) is 5.11. The summed E-state index contributed by atoms with van der Waals surface area (Å²) >= 11 is 0. The van der Waals surface area contributed by atoms with Crippen molar-refractivity contribution in [3.63, 3.8) is 0 Å². The lowest BCUT2D eigenvalue weighted by Gasteiger charge is -2.21. The second-order valence-corrected chi connectivity index (χ2v) is 8.74. The van der Waals surface area contributed by atoms with Crippen LogP contribution in [-0.4, -0.2) is 38.1 Å². The lowest BCUT2D eigenvalue weighted by atomic mass is 10.0. The molecular weight excluding hydrogens is 364 g/mol. The highest BCUT2D eigenvalue weighted by molar-refractivity contribution is 5.81. The summed E-state index contributed by atoms with van der Waals surface area (Å²) in [4.78, 5) is 4.60. The summed E-state index contributed by atoms with van der Waals surface area (Å²) in [5.41, 5.74) is 5.79. The van der Waals surface area contributed by atoms with Crippen molar-refractivity contribution in [3.8, 4) is 5.75 Å². The van der Waals surface area contributed by atoms with Gasteiger partial charge in [0.1, 0.15) is 29.7 Å². The molecule has 5 atom stereocenters. The topological polar surface area (TPSA) is 67.5 Å². The van der Waals surface area contributed by atoms with Crippen LogP contribution in [0, 0.1) is 13.8 Å². The minimum absolute atomic E-state index is 0.267. The van der Waals surface area contributed by atoms with Crippen LogP contribution in [0.5, 0.6) is 5.75 Å². The molecule has 0 bridgehead atoms. The molecule has 0 unspecified atom stereocenters. The van der Waals surface area contributed by atoms with Gasteiger partial charge in [0.25, 0.3) is 0 Å². The molecule has 29 heavy (non-hydrogen) atoms. The molecule has 2 N–H and O–H groups in total. The van der Waals surface area contributed by atoms with E-state index in [0.29, 0.717) is 12.3 Å². The maximum absolute atomic E-state index is 10.8. The predicted octanol–water partition coefficient (Wildman–Crippen LogP) is 3.82. The van der Waals surface area contributed by atoms with Gasteiger partial charge in [-0.1, -0.05) is 19.1 Å². The quantitative estimate of drug-likeness (QED) is 0.711. The van der Waals surface area contributed by atoms with Crippen molar-refractivity contribution in [2.24, 2.45) is 0 Å². The SMILES string of the molecule is Cc1cnc2c(ccn2[C@@H]2C[C@H](Oc3cccc4c3[C@H](C)CC4)[C@@H](O)[C@H]2O)c1C. The number of aliphatic hydroxyl groups excluding tert-OH is 2. The summed E-state index contributed by atoms with van der Waals surface area (Å²) in [5, 5.41) is 22.7. The summed E-state index contributed by atoms with van der Waals surface area (Å²) in [6.07, 6.45) is 4.31. The van der Waals surface area contributed by atoms with E-state index >= 15 is 0 Å². The first kappa shape index (κ1) is 18.6. The van der Waals surface area contributed by atoms with Crippen molar-refractivity contribution in [1.29, 1.82) is 0 Å². The Bertz CT molecular complexity index is 1070. The van der Waals surface area contributed by atoms with Crippen molar-refractivity contribution >= 4 is 11.0 Å². The van der Waals surface area contributed by atoms with Crippen LogP contribution in [0.15, 0.2) is 36.7 Å². The van der Waals surface area contributed by atoms with Gasteiger partial charge in [-0.05, 0) is 61.4 Å². The lowest BCUT2D eigenvalue weighted by Crippen LogP contribution is -2.34. The standard InChI is InChI=1S/C24H28N2O3/c1-13-7-8-16-5-4-6-19(21(13)16)29-20-11-18(22(27)23(20)28)26-10-9-17-15(3)14(2)12-25-24(17)26/h4-6,9-10,12-13,18,20,22-23,27-28H,7-8,11H2,1-3H3/t13-,18-,20+,22+,23-/m1/s1. The zero-order valence-corrected chi connectivity index (χ0v) is 17.2. The van der Waals surface area contributed by atoms with Crippen molar-refractivity contribution in [1.82, 2.24) is 9.55 Å². The van der Waals surface area contributed by atoms with Crippen LogP contribution >= 0.6 is 0 Å². The van der Waals surface area contributed by atoms with E-state index in [9.17, 15) is 10.2 Å². The Morgan fingerprint density at radius 2 is 1.97 bits per heavy atom. The number of aryl methyl sites for hydroxylation is 3. The largest absolute Gasteiger partial charge is 0.487 e. The Kier molecular flexibility index (Phi) is 4.41. The van der Waals surface area contributed by atoms with Gasteiger partial charge in [-0.25, -0.2) is 4.98 Å². The number of aromatic nitrogens is 2. The molecule has 1 saturated carbocycles. The fraction of sp³-hybridized carbons (Fsp3) is 0.458. The molecule has 0 saturated heterocycles. The monoisotopic (exact) mass is 392 g/mol. The van der Waals surface area contributed by atoms with Gasteiger partial charge in [0.15, 0.2) is 0 Å². The molecule has 2 aliphatic rings. The molecule has 1 fully saturated rings. The van der Waals surface area contributed by atoms with E-state index in [1.807, 2.05) is 35.2 Å². The molecule has 2 heterocycles. The molecule has 0 amide bonds. The van der Waals surface area contributed by atoms with Crippen molar-refractivity contribution in [3.05, 3.63) is 58.9 Å². The first-order valence-electron chi connectivity index (χ1n) is 10.5. The third-order valence-electron chi connectivity index (χ3n) is 6.99. The number of fused-ring (bicyclic) bond motifs is 2. The van der Waals surface area contributed by atoms with Crippen molar-refractivity contribution in [2.45, 2.75) is 70.3 Å². The van der Waals surface area contributed by atoms with E-state index in [0.717, 1.165) is 35.2 Å². The zero-order chi connectivity index (χ0) is 20.3. The second-order valence-electron chi connectivity index (χ2n) is 8.74. The number of hydrogen-bond donors (Lipinski definition) is 2. The number of pyridine rings is 1. The second kappa shape index (κ2) is 6.85. The maximum atomic E-state index is 10.8. The smallest absolute Gasteiger partial charge is 0.140 e. The average Bonchev–Trinajstić information content (AvgIpc) is 3.38. The summed E-state index contributed by atoms with van der Waals surface area (Å²) in [7, 11) is 0. The van der Waals surface area contributed by atoms with E-state index in [2.05, 4.69) is 31.8 Å². The Balaban J connectivity index is 1.45. The van der Waals surface area contributed by atoms with Crippen LogP contribution in [0.1, 0.15) is 54.0 Å². The number of aliphatic hydroxyl groups is 2. The summed E-state index contributed by atoms with van der Waals surface area (Å²) in [6, 6.07) is 7.96. The first-order valence-corrected chi connectivity index (χ1v) is 10.5. The summed E-state index contributed by atoms with van der Waals surface area (Å²) in [6.45, 7) is 6.37. The molecule has 0 aliphatic heterocycles. The predicted molar refractivity (Wildman–Crippen MR) is 112 cm³/mol. The molecule has 5 heteroatoms. The summed E-state index contributed by atoms with van der Waals surface area (Å²) in [5.74, 6) is 1.32.